The lowest BCUT2D eigenvalue weighted by Gasteiger charge is -2.11. The normalized spacial score (nSPS) is 10.3. The third kappa shape index (κ3) is 4.29. The fourth-order valence-electron chi connectivity index (χ4n) is 1.98. The number of rotatable bonds is 4. The third-order valence-corrected chi connectivity index (χ3v) is 3.52. The average molecular weight is 351 g/mol. The van der Waals surface area contributed by atoms with E-state index in [1.165, 1.54) is 13.0 Å². The van der Waals surface area contributed by atoms with Crippen molar-refractivity contribution in [3.63, 3.8) is 0 Å². The van der Waals surface area contributed by atoms with E-state index in [4.69, 9.17) is 0 Å². The van der Waals surface area contributed by atoms with Crippen LogP contribution in [0.2, 0.25) is 0 Å². The molecule has 1 amide bonds. The highest BCUT2D eigenvalue weighted by molar-refractivity contribution is 9.10. The van der Waals surface area contributed by atoms with Crippen molar-refractivity contribution < 1.29 is 9.18 Å². The molecule has 3 nitrogen and oxygen atoms in total. The van der Waals surface area contributed by atoms with Gasteiger partial charge in [-0.25, -0.2) is 4.39 Å². The minimum absolute atomic E-state index is 0.102. The summed E-state index contributed by atoms with van der Waals surface area (Å²) in [6.07, 6.45) is 0. The van der Waals surface area contributed by atoms with Gasteiger partial charge in [0.1, 0.15) is 5.82 Å². The van der Waals surface area contributed by atoms with Crippen molar-refractivity contribution in [2.24, 2.45) is 0 Å². The maximum Gasteiger partial charge on any atom is 0.221 e. The fraction of sp³-hybridized carbons (Fsp3) is 0.188. The Bertz CT molecular complexity index is 673. The molecule has 21 heavy (non-hydrogen) atoms. The molecule has 0 unspecified atom stereocenters. The second kappa shape index (κ2) is 6.72. The Kier molecular flexibility index (Phi) is 4.96. The third-order valence-electron chi connectivity index (χ3n) is 3.03. The highest BCUT2D eigenvalue weighted by Gasteiger charge is 2.05. The number of nitrogens with one attached hydrogen (secondary N) is 2. The number of hydrogen-bond donors (Lipinski definition) is 2. The van der Waals surface area contributed by atoms with Crippen molar-refractivity contribution >= 4 is 33.2 Å². The van der Waals surface area contributed by atoms with Crippen LogP contribution in [0.5, 0.6) is 0 Å². The van der Waals surface area contributed by atoms with E-state index in [-0.39, 0.29) is 11.7 Å². The summed E-state index contributed by atoms with van der Waals surface area (Å²) >= 11 is 3.33. The van der Waals surface area contributed by atoms with Crippen molar-refractivity contribution in [1.82, 2.24) is 0 Å². The van der Waals surface area contributed by atoms with E-state index in [0.29, 0.717) is 12.1 Å². The van der Waals surface area contributed by atoms with Crippen LogP contribution in [-0.2, 0) is 11.3 Å². The summed E-state index contributed by atoms with van der Waals surface area (Å²) in [7, 11) is 0. The first-order chi connectivity index (χ1) is 9.95. The van der Waals surface area contributed by atoms with Crippen molar-refractivity contribution in [3.05, 3.63) is 57.8 Å². The van der Waals surface area contributed by atoms with Gasteiger partial charge in [0.2, 0.25) is 5.91 Å². The Labute approximate surface area is 131 Å². The van der Waals surface area contributed by atoms with Crippen molar-refractivity contribution in [1.29, 1.82) is 0 Å². The lowest BCUT2D eigenvalue weighted by molar-refractivity contribution is -0.114. The number of anilines is 2. The number of carbonyl (C=O) groups excluding carboxylic acids is 1. The zero-order valence-corrected chi connectivity index (χ0v) is 13.4. The summed E-state index contributed by atoms with van der Waals surface area (Å²) in [5.41, 5.74) is 3.19. The van der Waals surface area contributed by atoms with Crippen molar-refractivity contribution in [2.75, 3.05) is 10.6 Å². The number of aryl methyl sites for hydroxylation is 1. The molecule has 2 aromatic rings. The zero-order valence-electron chi connectivity index (χ0n) is 11.8. The predicted molar refractivity (Wildman–Crippen MR) is 86.9 cm³/mol. The van der Waals surface area contributed by atoms with E-state index in [9.17, 15) is 9.18 Å². The molecule has 5 heteroatoms. The van der Waals surface area contributed by atoms with E-state index in [1.54, 1.807) is 12.1 Å². The first kappa shape index (κ1) is 15.5. The molecule has 0 bridgehead atoms. The molecule has 0 saturated carbocycles. The molecule has 2 N–H and O–H groups in total. The smallest absolute Gasteiger partial charge is 0.221 e. The summed E-state index contributed by atoms with van der Waals surface area (Å²) in [6, 6.07) is 10.5. The minimum Gasteiger partial charge on any atom is -0.381 e. The topological polar surface area (TPSA) is 41.1 Å². The highest BCUT2D eigenvalue weighted by Crippen LogP contribution is 2.21. The summed E-state index contributed by atoms with van der Waals surface area (Å²) < 4.78 is 14.5. The van der Waals surface area contributed by atoms with Crippen LogP contribution in [0.4, 0.5) is 15.8 Å². The molecule has 0 radical (unpaired) electrons. The Hall–Kier alpha value is -1.88. The predicted octanol–water partition coefficient (Wildman–Crippen LogP) is 4.47. The summed E-state index contributed by atoms with van der Waals surface area (Å²) in [5, 5.41) is 5.93. The van der Waals surface area contributed by atoms with E-state index < -0.39 is 0 Å². The first-order valence-electron chi connectivity index (χ1n) is 6.52. The minimum atomic E-state index is -0.239. The van der Waals surface area contributed by atoms with Gasteiger partial charge in [-0.1, -0.05) is 15.9 Å². The van der Waals surface area contributed by atoms with Crippen LogP contribution in [0, 0.1) is 12.7 Å². The molecule has 0 fully saturated rings. The van der Waals surface area contributed by atoms with Crippen molar-refractivity contribution in [3.8, 4) is 0 Å². The quantitative estimate of drug-likeness (QED) is 0.854. The standard InChI is InChI=1S/C16H16BrFN2O/c1-10-7-14(4-6-16(10)20-11(2)21)19-9-12-8-13(17)3-5-15(12)18/h3-8,19H,9H2,1-2H3,(H,20,21). The Balaban J connectivity index is 2.08. The van der Waals surface area contributed by atoms with Gasteiger partial charge in [-0.05, 0) is 48.9 Å². The molecule has 0 atom stereocenters. The molecule has 0 spiro atoms. The molecular formula is C16H16BrFN2O. The first-order valence-corrected chi connectivity index (χ1v) is 7.31. The lowest BCUT2D eigenvalue weighted by Crippen LogP contribution is -2.07. The van der Waals surface area contributed by atoms with Crippen LogP contribution >= 0.6 is 15.9 Å². The maximum atomic E-state index is 13.7. The molecule has 0 aliphatic carbocycles. The van der Waals surface area contributed by atoms with Crippen LogP contribution in [0.1, 0.15) is 18.1 Å². The van der Waals surface area contributed by atoms with Gasteiger partial charge >= 0.3 is 0 Å². The van der Waals surface area contributed by atoms with Gasteiger partial charge < -0.3 is 10.6 Å². The summed E-state index contributed by atoms with van der Waals surface area (Å²) in [6.45, 7) is 3.78. The SMILES string of the molecule is CC(=O)Nc1ccc(NCc2cc(Br)ccc2F)cc1C. The molecular weight excluding hydrogens is 335 g/mol. The Morgan fingerprint density at radius 3 is 2.67 bits per heavy atom. The van der Waals surface area contributed by atoms with Crippen molar-refractivity contribution in [2.45, 2.75) is 20.4 Å². The number of carbonyl (C=O) groups is 1. The molecule has 2 rings (SSSR count). The zero-order chi connectivity index (χ0) is 15.4. The second-order valence-electron chi connectivity index (χ2n) is 4.80. The van der Waals surface area contributed by atoms with E-state index in [2.05, 4.69) is 26.6 Å². The molecule has 110 valence electrons. The van der Waals surface area contributed by atoms with Gasteiger partial charge in [0, 0.05) is 34.9 Å². The highest BCUT2D eigenvalue weighted by atomic mass is 79.9. The van der Waals surface area contributed by atoms with Crippen LogP contribution in [0.3, 0.4) is 0 Å². The maximum absolute atomic E-state index is 13.7. The summed E-state index contributed by atoms with van der Waals surface area (Å²) in [5.74, 6) is -0.340. The fourth-order valence-corrected chi connectivity index (χ4v) is 2.39. The van der Waals surface area contributed by atoms with Crippen LogP contribution < -0.4 is 10.6 Å². The van der Waals surface area contributed by atoms with Crippen LogP contribution in [0.15, 0.2) is 40.9 Å². The van der Waals surface area contributed by atoms with Crippen LogP contribution in [0.25, 0.3) is 0 Å². The molecule has 0 aliphatic heterocycles. The van der Waals surface area contributed by atoms with E-state index >= 15 is 0 Å². The van der Waals surface area contributed by atoms with Gasteiger partial charge in [0.25, 0.3) is 0 Å². The van der Waals surface area contributed by atoms with E-state index in [1.807, 2.05) is 25.1 Å². The number of halogens is 2. The van der Waals surface area contributed by atoms with Crippen LogP contribution in [-0.4, -0.2) is 5.91 Å². The van der Waals surface area contributed by atoms with Gasteiger partial charge in [-0.15, -0.1) is 0 Å². The Morgan fingerprint density at radius 1 is 1.24 bits per heavy atom. The van der Waals surface area contributed by atoms with E-state index in [0.717, 1.165) is 21.4 Å². The molecule has 0 aromatic heterocycles. The monoisotopic (exact) mass is 350 g/mol. The van der Waals surface area contributed by atoms with Gasteiger partial charge in [0.05, 0.1) is 0 Å². The second-order valence-corrected chi connectivity index (χ2v) is 5.72. The average Bonchev–Trinajstić information content (AvgIpc) is 2.42. The Morgan fingerprint density at radius 2 is 2.00 bits per heavy atom. The molecule has 0 aliphatic rings. The lowest BCUT2D eigenvalue weighted by atomic mass is 10.1. The summed E-state index contributed by atoms with van der Waals surface area (Å²) in [4.78, 5) is 11.1. The molecule has 0 heterocycles. The van der Waals surface area contributed by atoms with Gasteiger partial charge in [-0.2, -0.15) is 0 Å². The van der Waals surface area contributed by atoms with Gasteiger partial charge in [-0.3, -0.25) is 4.79 Å². The number of benzene rings is 2. The van der Waals surface area contributed by atoms with Gasteiger partial charge in [0.15, 0.2) is 0 Å². The molecule has 2 aromatic carbocycles. The number of amides is 1. The molecule has 0 saturated heterocycles. The number of hydrogen-bond acceptors (Lipinski definition) is 2. The largest absolute Gasteiger partial charge is 0.381 e.